The fourth-order valence-corrected chi connectivity index (χ4v) is 9.27. The molecule has 5 rings (SSSR count). The van der Waals surface area contributed by atoms with E-state index in [0.29, 0.717) is 11.6 Å². The number of hydrogen-bond acceptors (Lipinski definition) is 16. The predicted octanol–water partition coefficient (Wildman–Crippen LogP) is 3.90. The molecule has 0 amide bonds. The van der Waals surface area contributed by atoms with Gasteiger partial charge in [0.1, 0.15) is 41.8 Å². The van der Waals surface area contributed by atoms with Crippen LogP contribution in [0.15, 0.2) is 23.4 Å². The van der Waals surface area contributed by atoms with Gasteiger partial charge in [-0.05, 0) is 78.7 Å². The zero-order chi connectivity index (χ0) is 41.3. The first-order chi connectivity index (χ1) is 26.3. The van der Waals surface area contributed by atoms with Gasteiger partial charge >= 0.3 is 5.97 Å². The SMILES string of the molecule is CC[C@H]1OC(=O)[C@H](C)C(=O)[C@H](C)[C@@H](O[C@@H]2O[C@H](C)C[C@H](N(C)C)[C@H]2O)[C@@]2(C)C[C@@H](C)C(=O)[C@H](C)[C@@H](OCC(=NOCc3ccc4nc(N)sc4c3)CO2)[C@]1(C)O. The monoisotopic (exact) mass is 804 g/mol. The van der Waals surface area contributed by atoms with Crippen molar-refractivity contribution >= 4 is 49.9 Å². The lowest BCUT2D eigenvalue weighted by Crippen LogP contribution is -2.60. The number of nitrogens with two attached hydrogens (primary N) is 1. The summed E-state index contributed by atoms with van der Waals surface area (Å²) in [5.74, 6) is -5.44. The van der Waals surface area contributed by atoms with Gasteiger partial charge in [0, 0.05) is 23.8 Å². The number of thiazole rings is 1. The number of carbonyl (C=O) groups excluding carboxylic acids is 3. The van der Waals surface area contributed by atoms with Crippen LogP contribution >= 0.6 is 11.3 Å². The number of aromatic nitrogens is 1. The molecule has 1 aromatic carbocycles. The van der Waals surface area contributed by atoms with Crippen LogP contribution in [0.2, 0.25) is 0 Å². The molecule has 0 aliphatic carbocycles. The first kappa shape index (κ1) is 44.0. The summed E-state index contributed by atoms with van der Waals surface area (Å²) in [5.41, 5.74) is 4.50. The molecule has 1 aromatic heterocycles. The van der Waals surface area contributed by atoms with Crippen molar-refractivity contribution in [3.05, 3.63) is 23.8 Å². The Labute approximate surface area is 333 Å². The number of Topliss-reactive ketones (excluding diaryl/α,β-unsaturated/α-hetero) is 2. The van der Waals surface area contributed by atoms with Crippen LogP contribution in [0.4, 0.5) is 5.13 Å². The van der Waals surface area contributed by atoms with Gasteiger partial charge in [0.2, 0.25) is 0 Å². The molecule has 312 valence electrons. The number of ketones is 2. The molecule has 0 saturated carbocycles. The van der Waals surface area contributed by atoms with Crippen molar-refractivity contribution in [1.82, 2.24) is 9.88 Å². The molecule has 3 saturated heterocycles. The van der Waals surface area contributed by atoms with Gasteiger partial charge in [-0.2, -0.15) is 0 Å². The topological polar surface area (TPSA) is 202 Å². The number of aliphatic hydroxyl groups excluding tert-OH is 1. The molecule has 3 aliphatic heterocycles. The number of nitrogen functional groups attached to an aromatic ring is 1. The number of anilines is 1. The van der Waals surface area contributed by atoms with Crippen LogP contribution in [0, 0.1) is 23.7 Å². The molecule has 16 heteroatoms. The Kier molecular flexibility index (Phi) is 14.0. The Bertz CT molecular complexity index is 1750. The Morgan fingerprint density at radius 3 is 2.46 bits per heavy atom. The molecule has 2 bridgehead atoms. The van der Waals surface area contributed by atoms with Gasteiger partial charge in [-0.3, -0.25) is 14.4 Å². The van der Waals surface area contributed by atoms with Gasteiger partial charge in [-0.1, -0.05) is 50.3 Å². The minimum atomic E-state index is -1.87. The third-order valence-corrected chi connectivity index (χ3v) is 12.5. The number of hydrogen-bond donors (Lipinski definition) is 3. The summed E-state index contributed by atoms with van der Waals surface area (Å²) in [5, 5.41) is 28.6. The Morgan fingerprint density at radius 2 is 1.79 bits per heavy atom. The smallest absolute Gasteiger partial charge is 0.316 e. The molecule has 3 fully saturated rings. The lowest BCUT2D eigenvalue weighted by atomic mass is 9.74. The summed E-state index contributed by atoms with van der Waals surface area (Å²) >= 11 is 1.36. The molecular weight excluding hydrogens is 745 g/mol. The minimum Gasteiger partial charge on any atom is -0.459 e. The summed E-state index contributed by atoms with van der Waals surface area (Å²) < 4.78 is 32.9. The fourth-order valence-electron chi connectivity index (χ4n) is 8.48. The van der Waals surface area contributed by atoms with E-state index in [-0.39, 0.29) is 56.3 Å². The van der Waals surface area contributed by atoms with E-state index in [2.05, 4.69) is 10.1 Å². The number of esters is 1. The van der Waals surface area contributed by atoms with E-state index < -0.39 is 77.3 Å². The molecule has 3 aliphatic rings. The largest absolute Gasteiger partial charge is 0.459 e. The van der Waals surface area contributed by atoms with E-state index in [1.54, 1.807) is 34.6 Å². The van der Waals surface area contributed by atoms with Gasteiger partial charge in [0.25, 0.3) is 0 Å². The van der Waals surface area contributed by atoms with Crippen LogP contribution in [-0.4, -0.2) is 125 Å². The number of likely N-dealkylation sites (N-methyl/N-ethyl adjacent to an activating group) is 1. The Hall–Kier alpha value is -3.09. The van der Waals surface area contributed by atoms with E-state index in [1.807, 2.05) is 44.1 Å². The number of rotatable bonds is 7. The summed E-state index contributed by atoms with van der Waals surface area (Å²) in [6.07, 6.45) is -5.25. The van der Waals surface area contributed by atoms with Crippen LogP contribution in [-0.2, 0) is 49.5 Å². The van der Waals surface area contributed by atoms with Crippen molar-refractivity contribution in [3.63, 3.8) is 0 Å². The quantitative estimate of drug-likeness (QED) is 0.207. The Balaban J connectivity index is 1.60. The average Bonchev–Trinajstić information content (AvgIpc) is 3.52. The average molecular weight is 805 g/mol. The lowest BCUT2D eigenvalue weighted by Gasteiger charge is -2.47. The number of cyclic esters (lactones) is 1. The van der Waals surface area contributed by atoms with Crippen molar-refractivity contribution in [2.75, 3.05) is 33.0 Å². The minimum absolute atomic E-state index is 0.0605. The van der Waals surface area contributed by atoms with Crippen LogP contribution in [0.5, 0.6) is 0 Å². The van der Waals surface area contributed by atoms with Crippen LogP contribution < -0.4 is 5.73 Å². The predicted molar refractivity (Wildman–Crippen MR) is 210 cm³/mol. The van der Waals surface area contributed by atoms with Gasteiger partial charge in [0.15, 0.2) is 17.2 Å². The Morgan fingerprint density at radius 1 is 1.07 bits per heavy atom. The van der Waals surface area contributed by atoms with Gasteiger partial charge < -0.3 is 49.4 Å². The fraction of sp³-hybridized carbons (Fsp3) is 0.725. The molecular formula is C40H60N4O11S. The highest BCUT2D eigenvalue weighted by Crippen LogP contribution is 2.40. The molecule has 56 heavy (non-hydrogen) atoms. The first-order valence-corrected chi connectivity index (χ1v) is 20.3. The van der Waals surface area contributed by atoms with Gasteiger partial charge in [-0.15, -0.1) is 0 Å². The molecule has 15 nitrogen and oxygen atoms in total. The molecule has 13 atom stereocenters. The molecule has 0 spiro atoms. The standard InChI is InChI=1S/C40H60N4O11S/c1-11-30-40(8,49)35-22(4)31(45)20(2)16-39(7,51-19-26(18-50-35)43-52-17-25-12-13-27-29(15-25)56-38(41)42-27)34(23(5)32(46)24(6)36(48)54-30)55-37-33(47)28(44(9)10)14-21(3)53-37/h12-13,15,20-24,28,30,33-35,37,47,49H,11,14,16-19H2,1-10H3,(H2,41,42)/t20-,21-,22+,23+,24-,28+,30-,33-,34-,35-,37+,39-,40-/m1/s1. The van der Waals surface area contributed by atoms with Gasteiger partial charge in [0.05, 0.1) is 47.3 Å². The van der Waals surface area contributed by atoms with Crippen molar-refractivity contribution < 1.29 is 53.1 Å². The van der Waals surface area contributed by atoms with E-state index in [4.69, 9.17) is 34.3 Å². The third kappa shape index (κ3) is 9.44. The maximum Gasteiger partial charge on any atom is 0.316 e. The van der Waals surface area contributed by atoms with E-state index in [9.17, 15) is 24.6 Å². The van der Waals surface area contributed by atoms with Crippen LogP contribution in [0.3, 0.4) is 0 Å². The van der Waals surface area contributed by atoms with E-state index in [1.165, 1.54) is 25.2 Å². The normalized spacial score (nSPS) is 38.9. The number of aliphatic hydroxyl groups is 2. The maximum atomic E-state index is 14.4. The van der Waals surface area contributed by atoms with Crippen molar-refractivity contribution in [1.29, 1.82) is 0 Å². The second-order valence-electron chi connectivity index (χ2n) is 16.5. The number of carbonyl (C=O) groups is 3. The van der Waals surface area contributed by atoms with Crippen molar-refractivity contribution in [2.24, 2.45) is 28.8 Å². The molecule has 4 heterocycles. The first-order valence-electron chi connectivity index (χ1n) is 19.5. The second kappa shape index (κ2) is 17.8. The molecule has 2 aromatic rings. The number of fused-ring (bicyclic) bond motifs is 6. The summed E-state index contributed by atoms with van der Waals surface area (Å²) in [4.78, 5) is 54.5. The van der Waals surface area contributed by atoms with E-state index in [0.717, 1.165) is 15.8 Å². The highest BCUT2D eigenvalue weighted by Gasteiger charge is 2.53. The van der Waals surface area contributed by atoms with E-state index >= 15 is 0 Å². The second-order valence-corrected chi connectivity index (χ2v) is 17.6. The highest BCUT2D eigenvalue weighted by molar-refractivity contribution is 7.22. The van der Waals surface area contributed by atoms with Gasteiger partial charge in [-0.25, -0.2) is 4.98 Å². The van der Waals surface area contributed by atoms with Crippen LogP contribution in [0.25, 0.3) is 10.2 Å². The number of benzene rings is 1. The molecule has 4 N–H and O–H groups in total. The number of oxime groups is 1. The summed E-state index contributed by atoms with van der Waals surface area (Å²) in [7, 11) is 3.72. The zero-order valence-electron chi connectivity index (χ0n) is 34.2. The number of ether oxygens (including phenoxy) is 5. The van der Waals surface area contributed by atoms with Crippen molar-refractivity contribution in [3.8, 4) is 0 Å². The summed E-state index contributed by atoms with van der Waals surface area (Å²) in [6, 6.07) is 5.32. The number of nitrogens with zero attached hydrogens (tertiary/aromatic N) is 3. The lowest BCUT2D eigenvalue weighted by molar-refractivity contribution is -0.296. The van der Waals surface area contributed by atoms with Crippen molar-refractivity contribution in [2.45, 2.75) is 135 Å². The highest BCUT2D eigenvalue weighted by atomic mass is 32.1. The molecule has 0 unspecified atom stereocenters. The van der Waals surface area contributed by atoms with Crippen LogP contribution in [0.1, 0.15) is 80.2 Å². The zero-order valence-corrected chi connectivity index (χ0v) is 35.0. The molecule has 0 radical (unpaired) electrons. The third-order valence-electron chi connectivity index (χ3n) is 11.7. The summed E-state index contributed by atoms with van der Waals surface area (Å²) in [6.45, 7) is 13.1. The maximum absolute atomic E-state index is 14.4.